The van der Waals surface area contributed by atoms with E-state index in [4.69, 9.17) is 0 Å². The number of hydrogen-bond acceptors (Lipinski definition) is 0. The smallest absolute Gasteiger partial charge is 0.0485 e. The lowest BCUT2D eigenvalue weighted by atomic mass is 9.93. The van der Waals surface area contributed by atoms with Crippen LogP contribution in [-0.2, 0) is 6.42 Å². The van der Waals surface area contributed by atoms with E-state index in [-0.39, 0.29) is 0 Å². The van der Waals surface area contributed by atoms with Gasteiger partial charge in [0.2, 0.25) is 0 Å². The van der Waals surface area contributed by atoms with Crippen molar-refractivity contribution < 1.29 is 0 Å². The predicted octanol–water partition coefficient (Wildman–Crippen LogP) is 2.77. The first-order chi connectivity index (χ1) is 8.43. The molecule has 2 N–H and O–H groups in total. The molecule has 0 spiro atoms. The molecule has 0 bridgehead atoms. The number of nitrogens with one attached hydrogen (secondary N) is 2. The van der Waals surface area contributed by atoms with Crippen LogP contribution < -0.4 is 5.35 Å². The van der Waals surface area contributed by atoms with Gasteiger partial charge in [0.1, 0.15) is 0 Å². The summed E-state index contributed by atoms with van der Waals surface area (Å²) in [5.41, 5.74) is 6.43. The summed E-state index contributed by atoms with van der Waals surface area (Å²) in [6, 6.07) is 8.51. The summed E-state index contributed by atoms with van der Waals surface area (Å²) in [5.74, 6) is 0. The first-order valence-electron chi connectivity index (χ1n) is 5.87. The van der Waals surface area contributed by atoms with Gasteiger partial charge in [0, 0.05) is 28.1 Å². The van der Waals surface area contributed by atoms with Gasteiger partial charge in [-0.1, -0.05) is 18.2 Å². The van der Waals surface area contributed by atoms with Crippen LogP contribution >= 0.6 is 0 Å². The molecule has 1 aromatic rings. The van der Waals surface area contributed by atoms with Gasteiger partial charge in [0.15, 0.2) is 0 Å². The zero-order valence-corrected chi connectivity index (χ0v) is 9.33. The Morgan fingerprint density at radius 1 is 1.06 bits per heavy atom. The molecule has 0 amide bonds. The lowest BCUT2D eigenvalue weighted by molar-refractivity contribution is 1.14. The third-order valence-electron chi connectivity index (χ3n) is 3.46. The van der Waals surface area contributed by atoms with Crippen LogP contribution in [0.25, 0.3) is 28.2 Å². The third-order valence-corrected chi connectivity index (χ3v) is 3.46. The Hall–Kier alpha value is -2.22. The number of benzene rings is 1. The Bertz CT molecular complexity index is 771. The third kappa shape index (κ3) is 1.15. The van der Waals surface area contributed by atoms with Crippen molar-refractivity contribution in [2.75, 3.05) is 0 Å². The molecule has 0 fully saturated rings. The molecule has 2 heterocycles. The zero-order valence-electron chi connectivity index (χ0n) is 9.33. The van der Waals surface area contributed by atoms with E-state index in [0.717, 1.165) is 6.42 Å². The van der Waals surface area contributed by atoms with Gasteiger partial charge < -0.3 is 9.97 Å². The second-order valence-electron chi connectivity index (χ2n) is 4.44. The number of hydrogen-bond donors (Lipinski definition) is 2. The maximum absolute atomic E-state index is 3.52. The molecule has 17 heavy (non-hydrogen) atoms. The van der Waals surface area contributed by atoms with Gasteiger partial charge in [-0.3, -0.25) is 0 Å². The first-order valence-corrected chi connectivity index (χ1v) is 5.87. The number of aromatic amines is 2. The van der Waals surface area contributed by atoms with Crippen molar-refractivity contribution >= 4 is 17.1 Å². The van der Waals surface area contributed by atoms with Crippen molar-refractivity contribution in [1.82, 2.24) is 9.97 Å². The molecular weight excluding hydrogens is 208 g/mol. The fourth-order valence-electron chi connectivity index (χ4n) is 2.69. The summed E-state index contributed by atoms with van der Waals surface area (Å²) in [6.07, 6.45) is 9.50. The molecule has 2 aliphatic heterocycles. The number of aromatic nitrogens is 2. The van der Waals surface area contributed by atoms with E-state index >= 15 is 0 Å². The molecular formula is C15H12N2. The lowest BCUT2D eigenvalue weighted by Gasteiger charge is -2.17. The number of rotatable bonds is 0. The number of H-pyrrole nitrogens is 2. The SMILES string of the molecule is C1=CCc2c3cc[nH]c4cccc([nH]c2=C1)c4-3. The van der Waals surface area contributed by atoms with E-state index in [1.807, 2.05) is 6.20 Å². The fraction of sp³-hybridized carbons (Fsp3) is 0.0667. The maximum atomic E-state index is 3.52. The Balaban J connectivity index is 2.31. The van der Waals surface area contributed by atoms with E-state index in [0.29, 0.717) is 0 Å². The van der Waals surface area contributed by atoms with Gasteiger partial charge in [0.25, 0.3) is 0 Å². The summed E-state index contributed by atoms with van der Waals surface area (Å²) in [5, 5.41) is 1.23. The molecule has 2 heteroatoms. The molecule has 1 aromatic carbocycles. The Morgan fingerprint density at radius 2 is 2.00 bits per heavy atom. The Morgan fingerprint density at radius 3 is 3.00 bits per heavy atom. The summed E-state index contributed by atoms with van der Waals surface area (Å²) in [7, 11) is 0. The number of allylic oxidation sites excluding steroid dienone is 2. The van der Waals surface area contributed by atoms with Gasteiger partial charge >= 0.3 is 0 Å². The number of fused-ring (bicyclic) bond motifs is 2. The van der Waals surface area contributed by atoms with Gasteiger partial charge in [-0.15, -0.1) is 0 Å². The van der Waals surface area contributed by atoms with Crippen LogP contribution in [0.2, 0.25) is 0 Å². The van der Waals surface area contributed by atoms with Crippen molar-refractivity contribution in [3.05, 3.63) is 53.5 Å². The van der Waals surface area contributed by atoms with Crippen LogP contribution in [0.5, 0.6) is 0 Å². The van der Waals surface area contributed by atoms with Crippen molar-refractivity contribution in [1.29, 1.82) is 0 Å². The van der Waals surface area contributed by atoms with Crippen LogP contribution in [0.15, 0.2) is 42.6 Å². The second kappa shape index (κ2) is 3.14. The molecule has 4 rings (SSSR count). The minimum Gasteiger partial charge on any atom is -0.361 e. The van der Waals surface area contributed by atoms with Crippen molar-refractivity contribution in [3.8, 4) is 11.1 Å². The van der Waals surface area contributed by atoms with Crippen molar-refractivity contribution in [2.24, 2.45) is 0 Å². The van der Waals surface area contributed by atoms with Gasteiger partial charge in [-0.05, 0) is 41.8 Å². The molecule has 3 aliphatic rings. The second-order valence-corrected chi connectivity index (χ2v) is 4.44. The molecule has 0 unspecified atom stereocenters. The summed E-state index contributed by atoms with van der Waals surface area (Å²) < 4.78 is 0. The van der Waals surface area contributed by atoms with Crippen LogP contribution in [0.4, 0.5) is 0 Å². The first kappa shape index (κ1) is 8.88. The van der Waals surface area contributed by atoms with Crippen LogP contribution in [0.3, 0.4) is 0 Å². The highest BCUT2D eigenvalue weighted by Crippen LogP contribution is 2.31. The van der Waals surface area contributed by atoms with E-state index < -0.39 is 0 Å². The van der Waals surface area contributed by atoms with Crippen molar-refractivity contribution in [2.45, 2.75) is 6.42 Å². The summed E-state index contributed by atoms with van der Waals surface area (Å²) >= 11 is 0. The molecule has 1 aliphatic carbocycles. The van der Waals surface area contributed by atoms with Crippen LogP contribution in [0.1, 0.15) is 5.56 Å². The summed E-state index contributed by atoms with van der Waals surface area (Å²) in [6.45, 7) is 0. The Kier molecular flexibility index (Phi) is 1.64. The highest BCUT2D eigenvalue weighted by Gasteiger charge is 2.14. The van der Waals surface area contributed by atoms with Crippen molar-refractivity contribution in [3.63, 3.8) is 0 Å². The van der Waals surface area contributed by atoms with Gasteiger partial charge in [0.05, 0.1) is 0 Å². The minimum absolute atomic E-state index is 1.01. The molecule has 0 saturated heterocycles. The largest absolute Gasteiger partial charge is 0.361 e. The quantitative estimate of drug-likeness (QED) is 0.584. The van der Waals surface area contributed by atoms with E-state index in [2.05, 4.69) is 52.5 Å². The molecule has 2 nitrogen and oxygen atoms in total. The van der Waals surface area contributed by atoms with Crippen LogP contribution in [-0.4, -0.2) is 9.97 Å². The standard InChI is InChI=1S/C15H12N2/c1-2-5-12-10(4-1)11-8-9-16-13-6-3-7-14(17-12)15(11)13/h1-3,5-9,16-17H,4H2. The van der Waals surface area contributed by atoms with Crippen LogP contribution in [0, 0.1) is 0 Å². The minimum atomic E-state index is 1.01. The topological polar surface area (TPSA) is 31.6 Å². The predicted molar refractivity (Wildman–Crippen MR) is 70.6 cm³/mol. The van der Waals surface area contributed by atoms with Gasteiger partial charge in [-0.25, -0.2) is 0 Å². The number of pyridine rings is 2. The highest BCUT2D eigenvalue weighted by molar-refractivity contribution is 5.94. The average molecular weight is 220 g/mol. The molecule has 0 saturated carbocycles. The van der Waals surface area contributed by atoms with E-state index in [1.165, 1.54) is 33.1 Å². The fourth-order valence-corrected chi connectivity index (χ4v) is 2.69. The maximum Gasteiger partial charge on any atom is 0.0485 e. The van der Waals surface area contributed by atoms with E-state index in [1.54, 1.807) is 0 Å². The molecule has 0 atom stereocenters. The van der Waals surface area contributed by atoms with Gasteiger partial charge in [-0.2, -0.15) is 0 Å². The monoisotopic (exact) mass is 220 g/mol. The average Bonchev–Trinajstić information content (AvgIpc) is 2.39. The normalized spacial score (nSPS) is 13.9. The molecule has 0 radical (unpaired) electrons. The molecule has 0 aromatic heterocycles. The van der Waals surface area contributed by atoms with E-state index in [9.17, 15) is 0 Å². The lowest BCUT2D eigenvalue weighted by Crippen LogP contribution is -2.18. The Labute approximate surface area is 98.7 Å². The zero-order chi connectivity index (χ0) is 11.2. The molecule has 82 valence electrons. The highest BCUT2D eigenvalue weighted by atomic mass is 14.7. The summed E-state index contributed by atoms with van der Waals surface area (Å²) in [4.78, 5) is 6.82.